The summed E-state index contributed by atoms with van der Waals surface area (Å²) >= 11 is 3.26. The number of rotatable bonds is 3. The van der Waals surface area contributed by atoms with Gasteiger partial charge in [-0.25, -0.2) is 4.98 Å². The lowest BCUT2D eigenvalue weighted by Gasteiger charge is -2.09. The summed E-state index contributed by atoms with van der Waals surface area (Å²) in [7, 11) is 0. The number of pyridine rings is 1. The molecular formula is C8H9BrN2O2. The van der Waals surface area contributed by atoms with Gasteiger partial charge in [0.25, 0.3) is 0 Å². The van der Waals surface area contributed by atoms with Gasteiger partial charge in [-0.15, -0.1) is 0 Å². The number of hydrogen-bond acceptors (Lipinski definition) is 3. The van der Waals surface area contributed by atoms with Crippen molar-refractivity contribution in [3.05, 3.63) is 22.8 Å². The number of carbonyl (C=O) groups is 1. The van der Waals surface area contributed by atoms with Crippen molar-refractivity contribution in [2.24, 2.45) is 0 Å². The van der Waals surface area contributed by atoms with Gasteiger partial charge in [-0.3, -0.25) is 4.79 Å². The van der Waals surface area contributed by atoms with Crippen LogP contribution in [-0.2, 0) is 4.79 Å². The van der Waals surface area contributed by atoms with Crippen molar-refractivity contribution >= 4 is 27.7 Å². The van der Waals surface area contributed by atoms with E-state index in [0.717, 1.165) is 4.47 Å². The van der Waals surface area contributed by atoms with Gasteiger partial charge in [-0.05, 0) is 19.1 Å². The Bertz CT molecular complexity index is 317. The molecule has 0 saturated carbocycles. The van der Waals surface area contributed by atoms with Gasteiger partial charge in [-0.2, -0.15) is 0 Å². The Labute approximate surface area is 84.1 Å². The molecular weight excluding hydrogens is 236 g/mol. The first-order chi connectivity index (χ1) is 6.09. The molecule has 0 aromatic carbocycles. The van der Waals surface area contributed by atoms with Gasteiger partial charge >= 0.3 is 5.97 Å². The Balaban J connectivity index is 2.69. The summed E-state index contributed by atoms with van der Waals surface area (Å²) < 4.78 is 0.864. The van der Waals surface area contributed by atoms with E-state index in [-0.39, 0.29) is 0 Å². The lowest BCUT2D eigenvalue weighted by molar-refractivity contribution is -0.137. The topological polar surface area (TPSA) is 62.2 Å². The molecule has 0 bridgehead atoms. The van der Waals surface area contributed by atoms with E-state index in [1.54, 1.807) is 25.3 Å². The second kappa shape index (κ2) is 4.23. The van der Waals surface area contributed by atoms with Crippen LogP contribution in [0.1, 0.15) is 6.92 Å². The highest BCUT2D eigenvalue weighted by atomic mass is 79.9. The molecule has 0 saturated heterocycles. The van der Waals surface area contributed by atoms with Crippen molar-refractivity contribution in [2.75, 3.05) is 5.32 Å². The Morgan fingerprint density at radius 1 is 1.77 bits per heavy atom. The predicted octanol–water partition coefficient (Wildman–Crippen LogP) is 1.73. The van der Waals surface area contributed by atoms with Crippen LogP contribution in [-0.4, -0.2) is 22.1 Å². The maximum absolute atomic E-state index is 10.5. The van der Waals surface area contributed by atoms with Crippen LogP contribution >= 0.6 is 15.9 Å². The van der Waals surface area contributed by atoms with Gasteiger partial charge in [0.05, 0.1) is 0 Å². The number of anilines is 1. The van der Waals surface area contributed by atoms with Gasteiger partial charge in [0.15, 0.2) is 0 Å². The van der Waals surface area contributed by atoms with E-state index in [2.05, 4.69) is 26.2 Å². The van der Waals surface area contributed by atoms with Crippen molar-refractivity contribution in [3.63, 3.8) is 0 Å². The van der Waals surface area contributed by atoms with E-state index >= 15 is 0 Å². The zero-order valence-electron chi connectivity index (χ0n) is 6.99. The van der Waals surface area contributed by atoms with Gasteiger partial charge in [0.1, 0.15) is 11.9 Å². The fourth-order valence-corrected chi connectivity index (χ4v) is 1.10. The Morgan fingerprint density at radius 3 is 3.00 bits per heavy atom. The Kier molecular flexibility index (Phi) is 3.25. The van der Waals surface area contributed by atoms with Crippen molar-refractivity contribution < 1.29 is 9.90 Å². The van der Waals surface area contributed by atoms with Crippen molar-refractivity contribution in [1.29, 1.82) is 0 Å². The van der Waals surface area contributed by atoms with Crippen LogP contribution in [0.2, 0.25) is 0 Å². The quantitative estimate of drug-likeness (QED) is 0.851. The van der Waals surface area contributed by atoms with E-state index in [1.165, 1.54) is 0 Å². The normalized spacial score (nSPS) is 12.2. The number of nitrogens with one attached hydrogen (secondary N) is 1. The molecule has 1 aromatic heterocycles. The smallest absolute Gasteiger partial charge is 0.325 e. The number of aromatic nitrogens is 1. The largest absolute Gasteiger partial charge is 0.480 e. The number of halogens is 1. The third-order valence-electron chi connectivity index (χ3n) is 1.46. The minimum Gasteiger partial charge on any atom is -0.480 e. The summed E-state index contributed by atoms with van der Waals surface area (Å²) in [5, 5.41) is 11.4. The molecule has 0 fully saturated rings. The molecule has 0 aliphatic carbocycles. The molecule has 0 radical (unpaired) electrons. The van der Waals surface area contributed by atoms with Crippen LogP contribution in [0.5, 0.6) is 0 Å². The molecule has 1 aromatic rings. The number of carboxylic acid groups (broad SMARTS) is 1. The molecule has 0 aliphatic rings. The fourth-order valence-electron chi connectivity index (χ4n) is 0.767. The first-order valence-corrected chi connectivity index (χ1v) is 4.50. The van der Waals surface area contributed by atoms with Crippen LogP contribution in [0, 0.1) is 0 Å². The zero-order chi connectivity index (χ0) is 9.84. The molecule has 0 aliphatic heterocycles. The molecule has 2 N–H and O–H groups in total. The molecule has 0 spiro atoms. The van der Waals surface area contributed by atoms with Crippen LogP contribution in [0.3, 0.4) is 0 Å². The van der Waals surface area contributed by atoms with E-state index in [9.17, 15) is 4.79 Å². The van der Waals surface area contributed by atoms with Crippen LogP contribution in [0.4, 0.5) is 5.82 Å². The highest BCUT2D eigenvalue weighted by Gasteiger charge is 2.10. The molecule has 4 nitrogen and oxygen atoms in total. The number of aliphatic carboxylic acids is 1. The van der Waals surface area contributed by atoms with E-state index in [4.69, 9.17) is 5.11 Å². The monoisotopic (exact) mass is 244 g/mol. The first kappa shape index (κ1) is 9.98. The third kappa shape index (κ3) is 3.02. The summed E-state index contributed by atoms with van der Waals surface area (Å²) in [6.45, 7) is 1.56. The fraction of sp³-hybridized carbons (Fsp3) is 0.250. The summed E-state index contributed by atoms with van der Waals surface area (Å²) in [5.74, 6) is -0.356. The van der Waals surface area contributed by atoms with Gasteiger partial charge in [0, 0.05) is 10.7 Å². The number of nitrogens with zero attached hydrogens (tertiary/aromatic N) is 1. The number of hydrogen-bond donors (Lipinski definition) is 2. The molecule has 13 heavy (non-hydrogen) atoms. The molecule has 1 rings (SSSR count). The third-order valence-corrected chi connectivity index (χ3v) is 1.95. The predicted molar refractivity (Wildman–Crippen MR) is 52.7 cm³/mol. The lowest BCUT2D eigenvalue weighted by Crippen LogP contribution is -2.25. The maximum atomic E-state index is 10.5. The van der Waals surface area contributed by atoms with Crippen LogP contribution in [0.15, 0.2) is 22.8 Å². The molecule has 1 atom stereocenters. The van der Waals surface area contributed by atoms with E-state index in [0.29, 0.717) is 5.82 Å². The average Bonchev–Trinajstić information content (AvgIpc) is 2.04. The minimum atomic E-state index is -0.901. The SMILES string of the molecule is C[C@H](Nc1cc(Br)ccn1)C(=O)O. The summed E-state index contributed by atoms with van der Waals surface area (Å²) in [6.07, 6.45) is 1.60. The Morgan fingerprint density at radius 2 is 2.46 bits per heavy atom. The first-order valence-electron chi connectivity index (χ1n) is 3.70. The second-order valence-electron chi connectivity index (χ2n) is 2.56. The van der Waals surface area contributed by atoms with Gasteiger partial charge in [0.2, 0.25) is 0 Å². The molecule has 1 heterocycles. The molecule has 0 unspecified atom stereocenters. The Hall–Kier alpha value is -1.10. The number of carboxylic acids is 1. The van der Waals surface area contributed by atoms with Crippen molar-refractivity contribution in [2.45, 2.75) is 13.0 Å². The maximum Gasteiger partial charge on any atom is 0.325 e. The standard InChI is InChI=1S/C8H9BrN2O2/c1-5(8(12)13)11-7-4-6(9)2-3-10-7/h2-5H,1H3,(H,10,11)(H,12,13)/t5-/m0/s1. The van der Waals surface area contributed by atoms with Crippen LogP contribution < -0.4 is 5.32 Å². The lowest BCUT2D eigenvalue weighted by atomic mass is 10.3. The van der Waals surface area contributed by atoms with Gasteiger partial charge < -0.3 is 10.4 Å². The molecule has 70 valence electrons. The summed E-state index contributed by atoms with van der Waals surface area (Å²) in [6, 6.07) is 2.86. The summed E-state index contributed by atoms with van der Waals surface area (Å²) in [5.41, 5.74) is 0. The van der Waals surface area contributed by atoms with Crippen LogP contribution in [0.25, 0.3) is 0 Å². The van der Waals surface area contributed by atoms with Crippen molar-refractivity contribution in [3.8, 4) is 0 Å². The summed E-state index contributed by atoms with van der Waals surface area (Å²) in [4.78, 5) is 14.4. The van der Waals surface area contributed by atoms with E-state index < -0.39 is 12.0 Å². The van der Waals surface area contributed by atoms with E-state index in [1.807, 2.05) is 0 Å². The highest BCUT2D eigenvalue weighted by molar-refractivity contribution is 9.10. The van der Waals surface area contributed by atoms with Crippen molar-refractivity contribution in [1.82, 2.24) is 4.98 Å². The minimum absolute atomic E-state index is 0.546. The highest BCUT2D eigenvalue weighted by Crippen LogP contribution is 2.13. The average molecular weight is 245 g/mol. The molecule has 5 heteroatoms. The molecule has 0 amide bonds. The van der Waals surface area contributed by atoms with Gasteiger partial charge in [-0.1, -0.05) is 15.9 Å². The zero-order valence-corrected chi connectivity index (χ0v) is 8.58. The second-order valence-corrected chi connectivity index (χ2v) is 3.48.